The van der Waals surface area contributed by atoms with Crippen LogP contribution in [0.15, 0.2) is 24.3 Å². The number of benzene rings is 1. The van der Waals surface area contributed by atoms with E-state index in [4.69, 9.17) is 4.74 Å². The van der Waals surface area contributed by atoms with E-state index >= 15 is 0 Å². The number of hydrogen-bond acceptors (Lipinski definition) is 3. The first-order valence-corrected chi connectivity index (χ1v) is 8.07. The summed E-state index contributed by atoms with van der Waals surface area (Å²) in [4.78, 5) is 26.3. The second-order valence-electron chi connectivity index (χ2n) is 6.91. The Labute approximate surface area is 142 Å². The molecule has 1 aromatic rings. The molecule has 24 heavy (non-hydrogen) atoms. The zero-order chi connectivity index (χ0) is 17.9. The quantitative estimate of drug-likeness (QED) is 0.867. The molecule has 5 nitrogen and oxygen atoms in total. The third-order valence-corrected chi connectivity index (χ3v) is 4.66. The van der Waals surface area contributed by atoms with E-state index in [1.807, 2.05) is 13.8 Å². The summed E-state index contributed by atoms with van der Waals surface area (Å²) in [7, 11) is 3.31. The van der Waals surface area contributed by atoms with Gasteiger partial charge in [-0.05, 0) is 24.1 Å². The van der Waals surface area contributed by atoms with Gasteiger partial charge in [0.2, 0.25) is 11.8 Å². The Balaban J connectivity index is 2.16. The van der Waals surface area contributed by atoms with Crippen LogP contribution < -0.4 is 5.32 Å². The van der Waals surface area contributed by atoms with Gasteiger partial charge in [0.15, 0.2) is 0 Å². The van der Waals surface area contributed by atoms with Crippen molar-refractivity contribution in [2.45, 2.75) is 38.8 Å². The average Bonchev–Trinajstić information content (AvgIpc) is 2.81. The van der Waals surface area contributed by atoms with E-state index in [0.29, 0.717) is 13.0 Å². The van der Waals surface area contributed by atoms with Gasteiger partial charge < -0.3 is 15.0 Å². The largest absolute Gasteiger partial charge is 0.385 e. The first kappa shape index (κ1) is 18.4. The van der Waals surface area contributed by atoms with Crippen molar-refractivity contribution >= 4 is 11.8 Å². The van der Waals surface area contributed by atoms with E-state index in [2.05, 4.69) is 5.32 Å². The fourth-order valence-corrected chi connectivity index (χ4v) is 2.95. The highest BCUT2D eigenvalue weighted by molar-refractivity contribution is 5.85. The van der Waals surface area contributed by atoms with E-state index in [1.165, 1.54) is 12.1 Å². The van der Waals surface area contributed by atoms with Crippen molar-refractivity contribution in [1.29, 1.82) is 0 Å². The average molecular weight is 336 g/mol. The maximum atomic E-state index is 13.2. The van der Waals surface area contributed by atoms with Crippen LogP contribution in [-0.4, -0.2) is 43.5 Å². The molecule has 1 aliphatic rings. The number of likely N-dealkylation sites (tertiary alicyclic amines) is 1. The first-order chi connectivity index (χ1) is 11.3. The van der Waals surface area contributed by atoms with Crippen molar-refractivity contribution in [2.24, 2.45) is 5.41 Å². The highest BCUT2D eigenvalue weighted by Crippen LogP contribution is 2.33. The van der Waals surface area contributed by atoms with Crippen molar-refractivity contribution < 1.29 is 18.7 Å². The van der Waals surface area contributed by atoms with Gasteiger partial charge in [-0.2, -0.15) is 0 Å². The van der Waals surface area contributed by atoms with E-state index in [1.54, 1.807) is 31.2 Å². The second kappa shape index (κ2) is 7.30. The standard InChI is InChI=1S/C18H25FN2O3/c1-18(2,9-10-24-4)17(23)20-14-11-15(22)21(3)16(14)12-5-7-13(19)8-6-12/h5-8,14,16H,9-11H2,1-4H3,(H,20,23). The summed E-state index contributed by atoms with van der Waals surface area (Å²) < 4.78 is 18.2. The molecule has 0 radical (unpaired) electrons. The molecule has 132 valence electrons. The van der Waals surface area contributed by atoms with Gasteiger partial charge >= 0.3 is 0 Å². The number of carbonyl (C=O) groups is 2. The van der Waals surface area contributed by atoms with Crippen LogP contribution in [0.2, 0.25) is 0 Å². The molecule has 0 spiro atoms. The SMILES string of the molecule is COCCC(C)(C)C(=O)NC1CC(=O)N(C)C1c1ccc(F)cc1. The summed E-state index contributed by atoms with van der Waals surface area (Å²) >= 11 is 0. The van der Waals surface area contributed by atoms with E-state index in [9.17, 15) is 14.0 Å². The zero-order valence-electron chi connectivity index (χ0n) is 14.6. The molecule has 0 bridgehead atoms. The highest BCUT2D eigenvalue weighted by Gasteiger charge is 2.41. The van der Waals surface area contributed by atoms with Crippen molar-refractivity contribution in [1.82, 2.24) is 10.2 Å². The summed E-state index contributed by atoms with van der Waals surface area (Å²) in [6.07, 6.45) is 0.831. The van der Waals surface area contributed by atoms with Crippen LogP contribution in [0.4, 0.5) is 4.39 Å². The van der Waals surface area contributed by atoms with Crippen LogP contribution in [0.1, 0.15) is 38.3 Å². The van der Waals surface area contributed by atoms with Gasteiger partial charge in [-0.15, -0.1) is 0 Å². The van der Waals surface area contributed by atoms with Crippen molar-refractivity contribution in [3.8, 4) is 0 Å². The number of nitrogens with one attached hydrogen (secondary N) is 1. The maximum absolute atomic E-state index is 13.2. The second-order valence-corrected chi connectivity index (χ2v) is 6.91. The molecule has 2 unspecified atom stereocenters. The van der Waals surface area contributed by atoms with Crippen LogP contribution in [0, 0.1) is 11.2 Å². The number of likely N-dealkylation sites (N-methyl/N-ethyl adjacent to an activating group) is 1. The molecule has 0 saturated carbocycles. The van der Waals surface area contributed by atoms with Crippen molar-refractivity contribution in [3.05, 3.63) is 35.6 Å². The summed E-state index contributed by atoms with van der Waals surface area (Å²) in [6.45, 7) is 4.20. The van der Waals surface area contributed by atoms with Gasteiger partial charge in [-0.1, -0.05) is 26.0 Å². The summed E-state index contributed by atoms with van der Waals surface area (Å²) in [5, 5.41) is 3.00. The molecule has 0 aliphatic carbocycles. The van der Waals surface area contributed by atoms with Crippen LogP contribution in [0.3, 0.4) is 0 Å². The molecular weight excluding hydrogens is 311 g/mol. The molecule has 1 aliphatic heterocycles. The summed E-state index contributed by atoms with van der Waals surface area (Å²) in [5.41, 5.74) is 0.220. The highest BCUT2D eigenvalue weighted by atomic mass is 19.1. The smallest absolute Gasteiger partial charge is 0.226 e. The Bertz CT molecular complexity index is 601. The fourth-order valence-electron chi connectivity index (χ4n) is 2.95. The zero-order valence-corrected chi connectivity index (χ0v) is 14.6. The summed E-state index contributed by atoms with van der Waals surface area (Å²) in [6, 6.07) is 5.43. The number of rotatable bonds is 6. The Morgan fingerprint density at radius 2 is 2.00 bits per heavy atom. The molecule has 6 heteroatoms. The molecule has 2 atom stereocenters. The monoisotopic (exact) mass is 336 g/mol. The number of hydrogen-bond donors (Lipinski definition) is 1. The lowest BCUT2D eigenvalue weighted by Gasteiger charge is -2.30. The molecule has 2 amide bonds. The minimum Gasteiger partial charge on any atom is -0.385 e. The normalized spacial score (nSPS) is 21.2. The Morgan fingerprint density at radius 1 is 1.38 bits per heavy atom. The number of ether oxygens (including phenoxy) is 1. The van der Waals surface area contributed by atoms with Crippen LogP contribution in [0.5, 0.6) is 0 Å². The lowest BCUT2D eigenvalue weighted by Crippen LogP contribution is -2.45. The predicted molar refractivity (Wildman–Crippen MR) is 88.7 cm³/mol. The third kappa shape index (κ3) is 3.93. The third-order valence-electron chi connectivity index (χ3n) is 4.66. The minimum atomic E-state index is -0.590. The minimum absolute atomic E-state index is 0.0377. The van der Waals surface area contributed by atoms with Crippen LogP contribution >= 0.6 is 0 Å². The van der Waals surface area contributed by atoms with Gasteiger partial charge in [0.1, 0.15) is 5.82 Å². The molecule has 1 saturated heterocycles. The first-order valence-electron chi connectivity index (χ1n) is 8.07. The predicted octanol–water partition coefficient (Wildman–Crippen LogP) is 2.28. The van der Waals surface area contributed by atoms with Crippen molar-refractivity contribution in [3.63, 3.8) is 0 Å². The van der Waals surface area contributed by atoms with Gasteiger partial charge in [0.05, 0.1) is 12.1 Å². The molecule has 1 heterocycles. The molecule has 0 aromatic heterocycles. The van der Waals surface area contributed by atoms with Gasteiger partial charge in [-0.3, -0.25) is 9.59 Å². The number of methoxy groups -OCH3 is 1. The number of carbonyl (C=O) groups excluding carboxylic acids is 2. The molecule has 1 aromatic carbocycles. The van der Waals surface area contributed by atoms with Crippen LogP contribution in [0.25, 0.3) is 0 Å². The maximum Gasteiger partial charge on any atom is 0.226 e. The fraction of sp³-hybridized carbons (Fsp3) is 0.556. The van der Waals surface area contributed by atoms with Crippen LogP contribution in [-0.2, 0) is 14.3 Å². The van der Waals surface area contributed by atoms with E-state index < -0.39 is 5.41 Å². The molecule has 2 rings (SSSR count). The van der Waals surface area contributed by atoms with Crippen molar-refractivity contribution in [2.75, 3.05) is 20.8 Å². The molecule has 1 fully saturated rings. The summed E-state index contributed by atoms with van der Waals surface area (Å²) in [5.74, 6) is -0.476. The van der Waals surface area contributed by atoms with E-state index in [0.717, 1.165) is 5.56 Å². The van der Waals surface area contributed by atoms with Gasteiger partial charge in [-0.25, -0.2) is 4.39 Å². The topological polar surface area (TPSA) is 58.6 Å². The molecule has 1 N–H and O–H groups in total. The lowest BCUT2D eigenvalue weighted by molar-refractivity contribution is -0.131. The number of halogens is 1. The lowest BCUT2D eigenvalue weighted by atomic mass is 9.87. The van der Waals surface area contributed by atoms with Gasteiger partial charge in [0, 0.05) is 32.6 Å². The number of nitrogens with zero attached hydrogens (tertiary/aromatic N) is 1. The van der Waals surface area contributed by atoms with E-state index in [-0.39, 0.29) is 36.1 Å². The Morgan fingerprint density at radius 3 is 2.58 bits per heavy atom. The Hall–Kier alpha value is -1.95. The Kier molecular flexibility index (Phi) is 5.59. The number of amides is 2. The molecular formula is C18H25FN2O3. The van der Waals surface area contributed by atoms with Gasteiger partial charge in [0.25, 0.3) is 0 Å².